The van der Waals surface area contributed by atoms with E-state index in [2.05, 4.69) is 47.6 Å². The van der Waals surface area contributed by atoms with Gasteiger partial charge in [-0.3, -0.25) is 0 Å². The molecule has 0 atom stereocenters. The number of hydrogen-bond donors (Lipinski definition) is 1. The summed E-state index contributed by atoms with van der Waals surface area (Å²) in [6.45, 7) is 3.49. The smallest absolute Gasteiger partial charge is 0.0342 e. The van der Waals surface area contributed by atoms with Crippen LogP contribution in [0.4, 0.5) is 0 Å². The maximum absolute atomic E-state index is 3.30. The summed E-state index contributed by atoms with van der Waals surface area (Å²) in [5.41, 5.74) is 0. The lowest BCUT2D eigenvalue weighted by molar-refractivity contribution is 0.190. The van der Waals surface area contributed by atoms with E-state index in [-0.39, 0.29) is 12.4 Å². The van der Waals surface area contributed by atoms with Crippen LogP contribution in [-0.2, 0) is 0 Å². The molecule has 0 aromatic heterocycles. The second-order valence-electron chi connectivity index (χ2n) is 3.95. The summed E-state index contributed by atoms with van der Waals surface area (Å²) >= 11 is 1.94. The van der Waals surface area contributed by atoms with Crippen LogP contribution >= 0.6 is 24.2 Å². The lowest BCUT2D eigenvalue weighted by atomic mass is 10.1. The monoisotopic (exact) mass is 258 g/mol. The molecule has 0 aliphatic carbocycles. The summed E-state index contributed by atoms with van der Waals surface area (Å²) in [6, 6.07) is 11.4. The molecule has 1 saturated heterocycles. The molecule has 0 spiro atoms. The molecule has 1 aliphatic rings. The second kappa shape index (κ2) is 7.17. The van der Waals surface area contributed by atoms with Gasteiger partial charge in [0.2, 0.25) is 0 Å². The second-order valence-corrected chi connectivity index (χ2v) is 5.12. The third kappa shape index (κ3) is 3.98. The Labute approximate surface area is 108 Å². The van der Waals surface area contributed by atoms with Crippen LogP contribution < -0.4 is 5.32 Å². The molecule has 16 heavy (non-hydrogen) atoms. The first-order chi connectivity index (χ1) is 7.36. The predicted octanol–water partition coefficient (Wildman–Crippen LogP) is 2.10. The van der Waals surface area contributed by atoms with Crippen molar-refractivity contribution < 1.29 is 0 Å². The lowest BCUT2D eigenvalue weighted by Crippen LogP contribution is -2.56. The molecule has 0 amide bonds. The molecule has 2 rings (SSSR count). The molecule has 1 aromatic carbocycles. The Morgan fingerprint density at radius 1 is 1.31 bits per heavy atom. The highest BCUT2D eigenvalue weighted by Crippen LogP contribution is 2.17. The van der Waals surface area contributed by atoms with Gasteiger partial charge in [0.15, 0.2) is 0 Å². The molecule has 1 aromatic rings. The van der Waals surface area contributed by atoms with E-state index in [0.29, 0.717) is 0 Å². The minimum Gasteiger partial charge on any atom is -0.314 e. The standard InChI is InChI=1S/C12H18N2S.ClH/c1-14(11-9-13-10-11)7-8-15-12-5-3-2-4-6-12;/h2-6,11,13H,7-10H2,1H3;1H. The average molecular weight is 259 g/mol. The molecule has 90 valence electrons. The number of halogens is 1. The zero-order valence-corrected chi connectivity index (χ0v) is 11.2. The highest BCUT2D eigenvalue weighted by atomic mass is 35.5. The molecule has 1 aliphatic heterocycles. The van der Waals surface area contributed by atoms with Gasteiger partial charge < -0.3 is 10.2 Å². The zero-order chi connectivity index (χ0) is 10.5. The van der Waals surface area contributed by atoms with Crippen LogP contribution in [0.25, 0.3) is 0 Å². The highest BCUT2D eigenvalue weighted by Gasteiger charge is 2.20. The summed E-state index contributed by atoms with van der Waals surface area (Å²) in [7, 11) is 2.22. The van der Waals surface area contributed by atoms with E-state index in [1.54, 1.807) is 0 Å². The van der Waals surface area contributed by atoms with Crippen LogP contribution in [0.1, 0.15) is 0 Å². The van der Waals surface area contributed by atoms with Crippen molar-refractivity contribution in [1.29, 1.82) is 0 Å². The summed E-state index contributed by atoms with van der Waals surface area (Å²) in [6.07, 6.45) is 0. The summed E-state index contributed by atoms with van der Waals surface area (Å²) < 4.78 is 0. The highest BCUT2D eigenvalue weighted by molar-refractivity contribution is 7.99. The number of benzene rings is 1. The van der Waals surface area contributed by atoms with Crippen molar-refractivity contribution in [2.45, 2.75) is 10.9 Å². The van der Waals surface area contributed by atoms with Gasteiger partial charge >= 0.3 is 0 Å². The van der Waals surface area contributed by atoms with Crippen molar-refractivity contribution >= 4 is 24.2 Å². The van der Waals surface area contributed by atoms with Crippen LogP contribution in [0.3, 0.4) is 0 Å². The van der Waals surface area contributed by atoms with Gasteiger partial charge in [0, 0.05) is 36.3 Å². The zero-order valence-electron chi connectivity index (χ0n) is 9.56. The number of nitrogens with one attached hydrogen (secondary N) is 1. The van der Waals surface area contributed by atoms with Crippen LogP contribution in [0, 0.1) is 0 Å². The molecule has 0 bridgehead atoms. The first-order valence-electron chi connectivity index (χ1n) is 5.45. The Balaban J connectivity index is 0.00000128. The van der Waals surface area contributed by atoms with E-state index in [1.165, 1.54) is 17.2 Å². The summed E-state index contributed by atoms with van der Waals surface area (Å²) in [5.74, 6) is 1.18. The van der Waals surface area contributed by atoms with Gasteiger partial charge in [-0.05, 0) is 19.2 Å². The quantitative estimate of drug-likeness (QED) is 0.815. The Morgan fingerprint density at radius 2 is 2.00 bits per heavy atom. The van der Waals surface area contributed by atoms with Gasteiger partial charge in [0.1, 0.15) is 0 Å². The summed E-state index contributed by atoms with van der Waals surface area (Å²) in [5, 5.41) is 3.30. The number of nitrogens with zero attached hydrogens (tertiary/aromatic N) is 1. The fourth-order valence-electron chi connectivity index (χ4n) is 1.59. The Bertz CT molecular complexity index is 290. The SMILES string of the molecule is CN(CCSc1ccccc1)C1CNC1.Cl. The minimum atomic E-state index is 0. The van der Waals surface area contributed by atoms with E-state index in [9.17, 15) is 0 Å². The van der Waals surface area contributed by atoms with Crippen molar-refractivity contribution in [3.05, 3.63) is 30.3 Å². The molecule has 2 nitrogen and oxygen atoms in total. The lowest BCUT2D eigenvalue weighted by Gasteiger charge is -2.35. The number of thioether (sulfide) groups is 1. The van der Waals surface area contributed by atoms with Gasteiger partial charge in [-0.1, -0.05) is 18.2 Å². The van der Waals surface area contributed by atoms with Crippen LogP contribution in [0.5, 0.6) is 0 Å². The van der Waals surface area contributed by atoms with E-state index in [1.807, 2.05) is 11.8 Å². The average Bonchev–Trinajstić information content (AvgIpc) is 2.16. The fraction of sp³-hybridized carbons (Fsp3) is 0.500. The third-order valence-corrected chi connectivity index (χ3v) is 3.83. The molecule has 1 fully saturated rings. The molecule has 0 saturated carbocycles. The van der Waals surface area contributed by atoms with E-state index in [4.69, 9.17) is 0 Å². The van der Waals surface area contributed by atoms with Crippen LogP contribution in [-0.4, -0.2) is 43.4 Å². The first kappa shape index (κ1) is 13.8. The number of rotatable bonds is 5. The number of hydrogen-bond acceptors (Lipinski definition) is 3. The molecule has 1 heterocycles. The molecule has 1 N–H and O–H groups in total. The van der Waals surface area contributed by atoms with Gasteiger partial charge in [-0.25, -0.2) is 0 Å². The van der Waals surface area contributed by atoms with E-state index < -0.39 is 0 Å². The molecular formula is C12H19ClN2S. The predicted molar refractivity (Wildman–Crippen MR) is 73.7 cm³/mol. The van der Waals surface area contributed by atoms with Gasteiger partial charge in [-0.15, -0.1) is 24.2 Å². The van der Waals surface area contributed by atoms with Crippen LogP contribution in [0.2, 0.25) is 0 Å². The topological polar surface area (TPSA) is 15.3 Å². The maximum atomic E-state index is 3.30. The van der Waals surface area contributed by atoms with Crippen molar-refractivity contribution in [2.75, 3.05) is 32.4 Å². The molecule has 0 unspecified atom stereocenters. The van der Waals surface area contributed by atoms with E-state index >= 15 is 0 Å². The fourth-order valence-corrected chi connectivity index (χ4v) is 2.56. The van der Waals surface area contributed by atoms with E-state index in [0.717, 1.165) is 19.1 Å². The van der Waals surface area contributed by atoms with Crippen LogP contribution in [0.15, 0.2) is 35.2 Å². The molecule has 4 heteroatoms. The van der Waals surface area contributed by atoms with Crippen molar-refractivity contribution in [3.63, 3.8) is 0 Å². The Kier molecular flexibility index (Phi) is 6.21. The van der Waals surface area contributed by atoms with Gasteiger partial charge in [0.05, 0.1) is 0 Å². The normalized spacial score (nSPS) is 15.6. The Morgan fingerprint density at radius 3 is 2.56 bits per heavy atom. The molecular weight excluding hydrogens is 240 g/mol. The first-order valence-corrected chi connectivity index (χ1v) is 6.43. The van der Waals surface area contributed by atoms with Gasteiger partial charge in [0.25, 0.3) is 0 Å². The molecule has 0 radical (unpaired) electrons. The summed E-state index contributed by atoms with van der Waals surface area (Å²) in [4.78, 5) is 3.82. The minimum absolute atomic E-state index is 0. The third-order valence-electron chi connectivity index (χ3n) is 2.84. The van der Waals surface area contributed by atoms with Crippen molar-refractivity contribution in [3.8, 4) is 0 Å². The Hall–Kier alpha value is -0.220. The number of likely N-dealkylation sites (N-methyl/N-ethyl adjacent to an activating group) is 1. The largest absolute Gasteiger partial charge is 0.314 e. The van der Waals surface area contributed by atoms with Crippen molar-refractivity contribution in [2.24, 2.45) is 0 Å². The van der Waals surface area contributed by atoms with Gasteiger partial charge in [-0.2, -0.15) is 0 Å². The van der Waals surface area contributed by atoms with Crippen molar-refractivity contribution in [1.82, 2.24) is 10.2 Å². The maximum Gasteiger partial charge on any atom is 0.0342 e.